The molecule has 1 aliphatic rings. The van der Waals surface area contributed by atoms with Crippen molar-refractivity contribution in [1.29, 1.82) is 0 Å². The fraction of sp³-hybridized carbons (Fsp3) is 0.400. The molecule has 1 fully saturated rings. The number of carbonyl (C=O) groups excluding carboxylic acids is 1. The summed E-state index contributed by atoms with van der Waals surface area (Å²) in [5.74, 6) is -0.00324. The summed E-state index contributed by atoms with van der Waals surface area (Å²) in [7, 11) is 0. The molecule has 2 N–H and O–H groups in total. The smallest absolute Gasteiger partial charge is 0.254 e. The summed E-state index contributed by atoms with van der Waals surface area (Å²) >= 11 is 9.72. The van der Waals surface area contributed by atoms with Gasteiger partial charge >= 0.3 is 0 Å². The van der Waals surface area contributed by atoms with Crippen LogP contribution in [0.3, 0.4) is 0 Å². The van der Waals surface area contributed by atoms with Crippen LogP contribution in [0.5, 0.6) is 0 Å². The number of rotatable bonds is 2. The minimum Gasteiger partial charge on any atom is -0.391 e. The first-order valence-corrected chi connectivity index (χ1v) is 7.10. The standard InChI is InChI=1S/C10H11BrN2O2S2/c11-8-3-6(5-17-8)10(14)13-1-2-15-7(4-13)9(12)16/h3,5,7H,1-2,4H2,(H2,12,16). The first-order valence-electron chi connectivity index (χ1n) is 5.02. The predicted octanol–water partition coefficient (Wildman–Crippen LogP) is 1.64. The third kappa shape index (κ3) is 3.04. The fourth-order valence-corrected chi connectivity index (χ4v) is 2.88. The van der Waals surface area contributed by atoms with E-state index in [9.17, 15) is 4.79 Å². The summed E-state index contributed by atoms with van der Waals surface area (Å²) in [6.07, 6.45) is -0.329. The summed E-state index contributed by atoms with van der Waals surface area (Å²) in [5, 5.41) is 1.83. The molecule has 1 saturated heterocycles. The van der Waals surface area contributed by atoms with Crippen LogP contribution < -0.4 is 5.73 Å². The van der Waals surface area contributed by atoms with E-state index >= 15 is 0 Å². The molecule has 17 heavy (non-hydrogen) atoms. The van der Waals surface area contributed by atoms with Crippen molar-refractivity contribution in [3.63, 3.8) is 0 Å². The van der Waals surface area contributed by atoms with Crippen molar-refractivity contribution < 1.29 is 9.53 Å². The largest absolute Gasteiger partial charge is 0.391 e. The Hall–Kier alpha value is -0.500. The number of thiophene rings is 1. The number of hydrogen-bond donors (Lipinski definition) is 1. The highest BCUT2D eigenvalue weighted by atomic mass is 79.9. The van der Waals surface area contributed by atoms with Crippen LogP contribution in [0.4, 0.5) is 0 Å². The van der Waals surface area contributed by atoms with Gasteiger partial charge in [0, 0.05) is 11.9 Å². The maximum Gasteiger partial charge on any atom is 0.254 e. The van der Waals surface area contributed by atoms with E-state index < -0.39 is 0 Å². The molecule has 0 bridgehead atoms. The van der Waals surface area contributed by atoms with Crippen LogP contribution in [-0.2, 0) is 4.74 Å². The maximum atomic E-state index is 12.2. The van der Waals surface area contributed by atoms with Gasteiger partial charge in [-0.25, -0.2) is 0 Å². The lowest BCUT2D eigenvalue weighted by Crippen LogP contribution is -2.49. The van der Waals surface area contributed by atoms with E-state index in [4.69, 9.17) is 22.7 Å². The van der Waals surface area contributed by atoms with E-state index in [0.717, 1.165) is 3.79 Å². The summed E-state index contributed by atoms with van der Waals surface area (Å²) in [6, 6.07) is 1.82. The topological polar surface area (TPSA) is 55.6 Å². The van der Waals surface area contributed by atoms with Crippen LogP contribution in [0.25, 0.3) is 0 Å². The molecule has 0 radical (unpaired) electrons. The lowest BCUT2D eigenvalue weighted by atomic mass is 10.2. The first-order chi connectivity index (χ1) is 8.08. The third-order valence-corrected chi connectivity index (χ3v) is 4.25. The minimum atomic E-state index is -0.329. The second-order valence-corrected chi connectivity index (χ2v) is 6.41. The Labute approximate surface area is 117 Å². The Bertz CT molecular complexity index is 449. The van der Waals surface area contributed by atoms with E-state index in [2.05, 4.69) is 15.9 Å². The number of nitrogens with two attached hydrogens (primary N) is 1. The van der Waals surface area contributed by atoms with Gasteiger partial charge in [0.2, 0.25) is 0 Å². The molecule has 0 spiro atoms. The number of ether oxygens (including phenoxy) is 1. The number of amides is 1. The van der Waals surface area contributed by atoms with Crippen LogP contribution in [0.1, 0.15) is 10.4 Å². The lowest BCUT2D eigenvalue weighted by Gasteiger charge is -2.32. The Morgan fingerprint density at radius 1 is 1.71 bits per heavy atom. The number of thiocarbonyl (C=S) groups is 1. The molecule has 1 aromatic rings. The van der Waals surface area contributed by atoms with Crippen molar-refractivity contribution in [1.82, 2.24) is 4.90 Å². The monoisotopic (exact) mass is 334 g/mol. The summed E-state index contributed by atoms with van der Waals surface area (Å²) < 4.78 is 6.34. The van der Waals surface area contributed by atoms with E-state index in [1.54, 1.807) is 4.90 Å². The molecule has 1 amide bonds. The van der Waals surface area contributed by atoms with Gasteiger partial charge in [-0.15, -0.1) is 11.3 Å². The minimum absolute atomic E-state index is 0.00324. The van der Waals surface area contributed by atoms with Crippen LogP contribution in [-0.4, -0.2) is 41.6 Å². The molecule has 2 heterocycles. The highest BCUT2D eigenvalue weighted by Gasteiger charge is 2.26. The Morgan fingerprint density at radius 3 is 3.06 bits per heavy atom. The molecule has 0 aliphatic carbocycles. The molecule has 0 saturated carbocycles. The van der Waals surface area contributed by atoms with Crippen molar-refractivity contribution in [3.8, 4) is 0 Å². The molecule has 92 valence electrons. The van der Waals surface area contributed by atoms with Crippen molar-refractivity contribution in [2.75, 3.05) is 19.7 Å². The van der Waals surface area contributed by atoms with Crippen LogP contribution in [0.15, 0.2) is 15.2 Å². The van der Waals surface area contributed by atoms with Crippen LogP contribution in [0, 0.1) is 0 Å². The van der Waals surface area contributed by atoms with E-state index in [1.807, 2.05) is 11.4 Å². The quantitative estimate of drug-likeness (QED) is 0.835. The molecule has 4 nitrogen and oxygen atoms in total. The molecular formula is C10H11BrN2O2S2. The van der Waals surface area contributed by atoms with Crippen molar-refractivity contribution >= 4 is 50.4 Å². The summed E-state index contributed by atoms with van der Waals surface area (Å²) in [4.78, 5) is 14.2. The van der Waals surface area contributed by atoms with E-state index in [0.29, 0.717) is 30.2 Å². The highest BCUT2D eigenvalue weighted by molar-refractivity contribution is 9.11. The van der Waals surface area contributed by atoms with Gasteiger partial charge in [-0.2, -0.15) is 0 Å². The zero-order valence-corrected chi connectivity index (χ0v) is 12.1. The molecule has 1 atom stereocenters. The summed E-state index contributed by atoms with van der Waals surface area (Å²) in [5.41, 5.74) is 6.22. The van der Waals surface area contributed by atoms with E-state index in [1.165, 1.54) is 11.3 Å². The van der Waals surface area contributed by atoms with Crippen molar-refractivity contribution in [3.05, 3.63) is 20.8 Å². The Morgan fingerprint density at radius 2 is 2.47 bits per heavy atom. The molecule has 2 rings (SSSR count). The fourth-order valence-electron chi connectivity index (χ4n) is 1.61. The van der Waals surface area contributed by atoms with Gasteiger partial charge in [-0.05, 0) is 22.0 Å². The molecule has 1 aromatic heterocycles. The highest BCUT2D eigenvalue weighted by Crippen LogP contribution is 2.22. The third-order valence-electron chi connectivity index (χ3n) is 2.49. The zero-order valence-electron chi connectivity index (χ0n) is 8.89. The average Bonchev–Trinajstić information content (AvgIpc) is 2.75. The molecule has 1 aliphatic heterocycles. The van der Waals surface area contributed by atoms with Gasteiger partial charge in [0.05, 0.1) is 22.5 Å². The molecule has 0 aromatic carbocycles. The molecule has 7 heteroatoms. The van der Waals surface area contributed by atoms with Gasteiger partial charge < -0.3 is 15.4 Å². The average molecular weight is 335 g/mol. The predicted molar refractivity (Wildman–Crippen MR) is 74.4 cm³/mol. The number of halogens is 1. The SMILES string of the molecule is NC(=S)C1CN(C(=O)c2csc(Br)c2)CCO1. The van der Waals surface area contributed by atoms with Gasteiger partial charge in [0.1, 0.15) is 11.1 Å². The van der Waals surface area contributed by atoms with Crippen LogP contribution >= 0.6 is 39.5 Å². The summed E-state index contributed by atoms with van der Waals surface area (Å²) in [6.45, 7) is 1.48. The van der Waals surface area contributed by atoms with Crippen molar-refractivity contribution in [2.45, 2.75) is 6.10 Å². The number of nitrogens with zero attached hydrogens (tertiary/aromatic N) is 1. The number of hydrogen-bond acceptors (Lipinski definition) is 4. The normalized spacial score (nSPS) is 20.3. The second kappa shape index (κ2) is 5.43. The number of carbonyl (C=O) groups is 1. The zero-order chi connectivity index (χ0) is 12.4. The van der Waals surface area contributed by atoms with Gasteiger partial charge in [0.15, 0.2) is 0 Å². The van der Waals surface area contributed by atoms with Gasteiger partial charge in [-0.1, -0.05) is 12.2 Å². The Kier molecular flexibility index (Phi) is 4.13. The number of morpholine rings is 1. The first kappa shape index (κ1) is 12.9. The molecular weight excluding hydrogens is 324 g/mol. The van der Waals surface area contributed by atoms with Crippen molar-refractivity contribution in [2.24, 2.45) is 5.73 Å². The van der Waals surface area contributed by atoms with Gasteiger partial charge in [-0.3, -0.25) is 4.79 Å². The second-order valence-electron chi connectivity index (χ2n) is 3.65. The van der Waals surface area contributed by atoms with Gasteiger partial charge in [0.25, 0.3) is 5.91 Å². The maximum absolute atomic E-state index is 12.2. The molecule has 1 unspecified atom stereocenters. The Balaban J connectivity index is 2.07. The van der Waals surface area contributed by atoms with E-state index in [-0.39, 0.29) is 12.0 Å². The lowest BCUT2D eigenvalue weighted by molar-refractivity contribution is 0.00881. The van der Waals surface area contributed by atoms with Crippen LogP contribution in [0.2, 0.25) is 0 Å².